The third kappa shape index (κ3) is 1.91. The van der Waals surface area contributed by atoms with E-state index in [9.17, 15) is 4.79 Å². The molecule has 0 unspecified atom stereocenters. The van der Waals surface area contributed by atoms with Crippen molar-refractivity contribution in [2.45, 2.75) is 0 Å². The molecule has 0 bridgehead atoms. The van der Waals surface area contributed by atoms with E-state index < -0.39 is 0 Å². The summed E-state index contributed by atoms with van der Waals surface area (Å²) < 4.78 is 5.07. The Bertz CT molecular complexity index is 382. The van der Waals surface area contributed by atoms with Gasteiger partial charge < -0.3 is 4.42 Å². The Kier molecular flexibility index (Phi) is 2.45. The highest BCUT2D eigenvalue weighted by Crippen LogP contribution is 2.11. The van der Waals surface area contributed by atoms with E-state index in [2.05, 4.69) is 0 Å². The highest BCUT2D eigenvalue weighted by Gasteiger charge is 2.10. The fraction of sp³-hybridized carbons (Fsp3) is 0.0833. The van der Waals surface area contributed by atoms with Crippen molar-refractivity contribution in [1.82, 2.24) is 0 Å². The lowest BCUT2D eigenvalue weighted by Gasteiger charge is -1.96. The zero-order chi connectivity index (χ0) is 9.80. The Morgan fingerprint density at radius 1 is 1.36 bits per heavy atom. The summed E-state index contributed by atoms with van der Waals surface area (Å²) in [5, 5.41) is 0. The number of ketones is 1. The van der Waals surface area contributed by atoms with Gasteiger partial charge >= 0.3 is 0 Å². The van der Waals surface area contributed by atoms with E-state index in [0.29, 0.717) is 5.76 Å². The maximum atomic E-state index is 11.5. The van der Waals surface area contributed by atoms with Crippen LogP contribution in [0.15, 0.2) is 53.2 Å². The van der Waals surface area contributed by atoms with E-state index in [1.165, 1.54) is 0 Å². The zero-order valence-corrected chi connectivity index (χ0v) is 7.59. The monoisotopic (exact) mass is 186 g/mol. The van der Waals surface area contributed by atoms with Crippen LogP contribution in [-0.2, 0) is 4.79 Å². The first-order chi connectivity index (χ1) is 6.86. The summed E-state index contributed by atoms with van der Waals surface area (Å²) in [6.45, 7) is 0. The van der Waals surface area contributed by atoms with Crippen LogP contribution in [0.25, 0.3) is 6.08 Å². The second kappa shape index (κ2) is 3.92. The molecule has 2 heteroatoms. The first kappa shape index (κ1) is 8.75. The molecule has 1 heterocycles. The maximum absolute atomic E-state index is 11.5. The molecule has 0 amide bonds. The van der Waals surface area contributed by atoms with Crippen LogP contribution in [-0.4, -0.2) is 5.78 Å². The van der Waals surface area contributed by atoms with Crippen molar-refractivity contribution in [3.63, 3.8) is 0 Å². The van der Waals surface area contributed by atoms with Crippen LogP contribution in [0.4, 0.5) is 0 Å². The molecule has 0 atom stereocenters. The number of furan rings is 1. The second-order valence-corrected chi connectivity index (χ2v) is 3.05. The molecule has 1 aliphatic carbocycles. The van der Waals surface area contributed by atoms with Gasteiger partial charge in [0, 0.05) is 0 Å². The largest absolute Gasteiger partial charge is 0.465 e. The first-order valence-electron chi connectivity index (χ1n) is 4.47. The lowest BCUT2D eigenvalue weighted by molar-refractivity contribution is -0.115. The van der Waals surface area contributed by atoms with E-state index in [0.717, 1.165) is 0 Å². The predicted molar refractivity (Wildman–Crippen MR) is 54.5 cm³/mol. The number of carbonyl (C=O) groups excluding carboxylic acids is 1. The van der Waals surface area contributed by atoms with Gasteiger partial charge in [0.05, 0.1) is 12.2 Å². The van der Waals surface area contributed by atoms with E-state index in [4.69, 9.17) is 4.42 Å². The topological polar surface area (TPSA) is 30.2 Å². The first-order valence-corrected chi connectivity index (χ1v) is 4.47. The summed E-state index contributed by atoms with van der Waals surface area (Å²) in [7, 11) is 0. The quantitative estimate of drug-likeness (QED) is 0.679. The van der Waals surface area contributed by atoms with Crippen LogP contribution >= 0.6 is 0 Å². The average Bonchev–Trinajstić information content (AvgIpc) is 2.87. The number of carbonyl (C=O) groups is 1. The van der Waals surface area contributed by atoms with E-state index in [1.807, 2.05) is 30.4 Å². The Hall–Kier alpha value is -1.83. The van der Waals surface area contributed by atoms with Gasteiger partial charge in [0.1, 0.15) is 5.76 Å². The lowest BCUT2D eigenvalue weighted by atomic mass is 10.1. The number of allylic oxidation sites excluding steroid dienone is 5. The summed E-state index contributed by atoms with van der Waals surface area (Å²) in [5.74, 6) is 0.678. The zero-order valence-electron chi connectivity index (χ0n) is 7.59. The third-order valence-electron chi connectivity index (χ3n) is 2.03. The maximum Gasteiger partial charge on any atom is 0.166 e. The molecule has 1 aromatic rings. The van der Waals surface area contributed by atoms with Crippen molar-refractivity contribution in [3.05, 3.63) is 54.5 Å². The van der Waals surface area contributed by atoms with Gasteiger partial charge in [-0.3, -0.25) is 4.79 Å². The van der Waals surface area contributed by atoms with Gasteiger partial charge in [-0.1, -0.05) is 24.3 Å². The molecule has 0 saturated carbocycles. The third-order valence-corrected chi connectivity index (χ3v) is 2.03. The van der Waals surface area contributed by atoms with Crippen molar-refractivity contribution >= 4 is 11.9 Å². The summed E-state index contributed by atoms with van der Waals surface area (Å²) in [6, 6.07) is 3.60. The van der Waals surface area contributed by atoms with Crippen molar-refractivity contribution < 1.29 is 9.21 Å². The average molecular weight is 186 g/mol. The van der Waals surface area contributed by atoms with Crippen molar-refractivity contribution in [3.8, 4) is 0 Å². The molecule has 0 radical (unpaired) electrons. The van der Waals surface area contributed by atoms with Crippen molar-refractivity contribution in [2.75, 3.05) is 0 Å². The van der Waals surface area contributed by atoms with Crippen molar-refractivity contribution in [1.29, 1.82) is 0 Å². The standard InChI is InChI=1S/C12H10O2/c13-12(10-4-1-2-5-10)8-7-11-6-3-9-14-11/h1-10H. The molecule has 1 aromatic heterocycles. The Balaban J connectivity index is 2.01. The molecule has 0 fully saturated rings. The molecule has 14 heavy (non-hydrogen) atoms. The SMILES string of the molecule is O=C(C=Cc1ccco1)C1C=CC=C1. The van der Waals surface area contributed by atoms with Crippen LogP contribution < -0.4 is 0 Å². The predicted octanol–water partition coefficient (Wildman–Crippen LogP) is 2.60. The second-order valence-electron chi connectivity index (χ2n) is 3.05. The molecular formula is C12H10O2. The van der Waals surface area contributed by atoms with Crippen LogP contribution in [0.3, 0.4) is 0 Å². The molecule has 0 saturated heterocycles. The molecule has 2 rings (SSSR count). The van der Waals surface area contributed by atoms with E-state index >= 15 is 0 Å². The highest BCUT2D eigenvalue weighted by atomic mass is 16.3. The molecule has 1 aliphatic rings. The van der Waals surface area contributed by atoms with Gasteiger partial charge in [-0.05, 0) is 24.3 Å². The van der Waals surface area contributed by atoms with E-state index in [-0.39, 0.29) is 11.7 Å². The number of hydrogen-bond donors (Lipinski definition) is 0. The molecule has 0 spiro atoms. The molecule has 2 nitrogen and oxygen atoms in total. The van der Waals surface area contributed by atoms with Gasteiger partial charge in [0.15, 0.2) is 5.78 Å². The van der Waals surface area contributed by atoms with Gasteiger partial charge in [-0.25, -0.2) is 0 Å². The van der Waals surface area contributed by atoms with Crippen LogP contribution in [0.5, 0.6) is 0 Å². The molecular weight excluding hydrogens is 176 g/mol. The summed E-state index contributed by atoms with van der Waals surface area (Å²) >= 11 is 0. The highest BCUT2D eigenvalue weighted by molar-refractivity contribution is 5.97. The fourth-order valence-corrected chi connectivity index (χ4v) is 1.28. The van der Waals surface area contributed by atoms with Gasteiger partial charge in [0.25, 0.3) is 0 Å². The molecule has 70 valence electrons. The van der Waals surface area contributed by atoms with Crippen LogP contribution in [0.1, 0.15) is 5.76 Å². The van der Waals surface area contributed by atoms with Crippen LogP contribution in [0, 0.1) is 5.92 Å². The molecule has 0 N–H and O–H groups in total. The normalized spacial score (nSPS) is 15.7. The van der Waals surface area contributed by atoms with E-state index in [1.54, 1.807) is 24.5 Å². The van der Waals surface area contributed by atoms with Crippen molar-refractivity contribution in [2.24, 2.45) is 5.92 Å². The summed E-state index contributed by atoms with van der Waals surface area (Å²) in [4.78, 5) is 11.5. The summed E-state index contributed by atoms with van der Waals surface area (Å²) in [5.41, 5.74) is 0. The smallest absolute Gasteiger partial charge is 0.166 e. The lowest BCUT2D eigenvalue weighted by Crippen LogP contribution is -2.03. The van der Waals surface area contributed by atoms with Gasteiger partial charge in [-0.2, -0.15) is 0 Å². The minimum atomic E-state index is -0.0961. The van der Waals surface area contributed by atoms with Gasteiger partial charge in [-0.15, -0.1) is 0 Å². The number of hydrogen-bond acceptors (Lipinski definition) is 2. The Labute approximate surface area is 82.2 Å². The Morgan fingerprint density at radius 2 is 2.14 bits per heavy atom. The molecule has 0 aliphatic heterocycles. The van der Waals surface area contributed by atoms with Crippen LogP contribution in [0.2, 0.25) is 0 Å². The minimum absolute atomic E-state index is 0.0754. The Morgan fingerprint density at radius 3 is 2.79 bits per heavy atom. The minimum Gasteiger partial charge on any atom is -0.465 e. The number of rotatable bonds is 3. The summed E-state index contributed by atoms with van der Waals surface area (Å²) in [6.07, 6.45) is 12.3. The molecule has 0 aromatic carbocycles. The fourth-order valence-electron chi connectivity index (χ4n) is 1.28. The van der Waals surface area contributed by atoms with Gasteiger partial charge in [0.2, 0.25) is 0 Å².